The first-order valence-electron chi connectivity index (χ1n) is 5.36. The molecule has 0 saturated carbocycles. The molecule has 0 unspecified atom stereocenters. The van der Waals surface area contributed by atoms with E-state index in [1.807, 2.05) is 0 Å². The van der Waals surface area contributed by atoms with Gasteiger partial charge in [0.25, 0.3) is 5.78 Å². The van der Waals surface area contributed by atoms with Crippen LogP contribution in [0.3, 0.4) is 0 Å². The molecule has 0 aliphatic carbocycles. The van der Waals surface area contributed by atoms with Gasteiger partial charge in [0.05, 0.1) is 12.2 Å². The van der Waals surface area contributed by atoms with Crippen molar-refractivity contribution in [1.29, 1.82) is 0 Å². The van der Waals surface area contributed by atoms with Crippen LogP contribution in [0, 0.1) is 17.6 Å². The molecule has 0 bridgehead atoms. The second kappa shape index (κ2) is 5.54. The van der Waals surface area contributed by atoms with Crippen molar-refractivity contribution < 1.29 is 31.5 Å². The molecule has 0 saturated heterocycles. The average Bonchev–Trinajstić information content (AvgIpc) is 2.24. The fraction of sp³-hybridized carbons (Fsp3) is 0.417. The van der Waals surface area contributed by atoms with Crippen molar-refractivity contribution in [2.75, 3.05) is 6.61 Å². The number of benzene rings is 1. The molecule has 7 heteroatoms. The molecule has 0 radical (unpaired) electrons. The van der Waals surface area contributed by atoms with Gasteiger partial charge in [0.1, 0.15) is 17.4 Å². The maximum Gasteiger partial charge on any atom is 0.455 e. The number of ketones is 1. The summed E-state index contributed by atoms with van der Waals surface area (Å²) in [7, 11) is 0. The molecule has 1 aromatic rings. The first-order chi connectivity index (χ1) is 8.62. The second-order valence-corrected chi connectivity index (χ2v) is 4.29. The number of Topliss-reactive ketones (excluding diaryl/α,β-unsaturated/α-hetero) is 1. The van der Waals surface area contributed by atoms with Gasteiger partial charge in [0, 0.05) is 12.1 Å². The van der Waals surface area contributed by atoms with Gasteiger partial charge in [-0.25, -0.2) is 8.78 Å². The minimum atomic E-state index is -5.33. The number of carbonyl (C=O) groups excluding carboxylic acids is 1. The Balaban J connectivity index is 3.08. The molecule has 0 aliphatic heterocycles. The Morgan fingerprint density at radius 2 is 1.68 bits per heavy atom. The quantitative estimate of drug-likeness (QED) is 0.621. The summed E-state index contributed by atoms with van der Waals surface area (Å²) in [4.78, 5) is 10.8. The maximum absolute atomic E-state index is 13.4. The van der Waals surface area contributed by atoms with Crippen LogP contribution in [0.2, 0.25) is 0 Å². The van der Waals surface area contributed by atoms with Gasteiger partial charge in [-0.15, -0.1) is 0 Å². The van der Waals surface area contributed by atoms with E-state index in [-0.39, 0.29) is 18.3 Å². The zero-order chi connectivity index (χ0) is 14.8. The molecule has 0 aromatic heterocycles. The van der Waals surface area contributed by atoms with Crippen LogP contribution in [0.1, 0.15) is 24.2 Å². The monoisotopic (exact) mass is 282 g/mol. The van der Waals surface area contributed by atoms with E-state index in [0.717, 1.165) is 0 Å². The van der Waals surface area contributed by atoms with Gasteiger partial charge in [0.15, 0.2) is 0 Å². The summed E-state index contributed by atoms with van der Waals surface area (Å²) in [5.74, 6) is -5.94. The average molecular weight is 282 g/mol. The van der Waals surface area contributed by atoms with Crippen LogP contribution in [0.15, 0.2) is 12.1 Å². The first kappa shape index (κ1) is 15.4. The van der Waals surface area contributed by atoms with Crippen molar-refractivity contribution in [2.24, 2.45) is 5.92 Å². The SMILES string of the molecule is CC(C)COc1cc(F)c(C(=O)C(F)(F)F)c(F)c1. The van der Waals surface area contributed by atoms with Crippen LogP contribution in [-0.2, 0) is 0 Å². The standard InChI is InChI=1S/C12H11F5O2/c1-6(2)5-19-7-3-8(13)10(9(14)4-7)11(18)12(15,16)17/h3-4,6H,5H2,1-2H3. The second-order valence-electron chi connectivity index (χ2n) is 4.29. The number of rotatable bonds is 4. The van der Waals surface area contributed by atoms with Crippen molar-refractivity contribution in [1.82, 2.24) is 0 Å². The van der Waals surface area contributed by atoms with Gasteiger partial charge in [-0.1, -0.05) is 13.8 Å². The number of halogens is 5. The summed E-state index contributed by atoms with van der Waals surface area (Å²) in [6.07, 6.45) is -5.33. The van der Waals surface area contributed by atoms with Gasteiger partial charge in [0.2, 0.25) is 0 Å². The van der Waals surface area contributed by atoms with Crippen LogP contribution >= 0.6 is 0 Å². The molecule has 1 rings (SSSR count). The van der Waals surface area contributed by atoms with E-state index in [2.05, 4.69) is 0 Å². The first-order valence-corrected chi connectivity index (χ1v) is 5.36. The Morgan fingerprint density at radius 1 is 1.21 bits per heavy atom. The topological polar surface area (TPSA) is 26.3 Å². The summed E-state index contributed by atoms with van der Waals surface area (Å²) in [6, 6.07) is 1.12. The van der Waals surface area contributed by atoms with E-state index in [4.69, 9.17) is 4.74 Å². The van der Waals surface area contributed by atoms with Crippen LogP contribution in [-0.4, -0.2) is 18.6 Å². The third kappa shape index (κ3) is 3.90. The fourth-order valence-corrected chi connectivity index (χ4v) is 1.25. The van der Waals surface area contributed by atoms with Gasteiger partial charge in [-0.3, -0.25) is 4.79 Å². The van der Waals surface area contributed by atoms with E-state index in [1.54, 1.807) is 13.8 Å². The number of alkyl halides is 3. The zero-order valence-corrected chi connectivity index (χ0v) is 10.1. The van der Waals surface area contributed by atoms with Crippen molar-refractivity contribution in [3.63, 3.8) is 0 Å². The number of hydrogen-bond donors (Lipinski definition) is 0. The number of carbonyl (C=O) groups is 1. The molecule has 106 valence electrons. The van der Waals surface area contributed by atoms with Crippen LogP contribution in [0.5, 0.6) is 5.75 Å². The van der Waals surface area contributed by atoms with E-state index >= 15 is 0 Å². The van der Waals surface area contributed by atoms with Gasteiger partial charge in [-0.05, 0) is 5.92 Å². The molecule has 2 nitrogen and oxygen atoms in total. The molecule has 1 aromatic carbocycles. The van der Waals surface area contributed by atoms with E-state index in [9.17, 15) is 26.7 Å². The van der Waals surface area contributed by atoms with Gasteiger partial charge < -0.3 is 4.74 Å². The van der Waals surface area contributed by atoms with Crippen LogP contribution in [0.4, 0.5) is 22.0 Å². The Morgan fingerprint density at radius 3 is 2.05 bits per heavy atom. The molecule has 0 heterocycles. The van der Waals surface area contributed by atoms with Crippen LogP contribution in [0.25, 0.3) is 0 Å². The van der Waals surface area contributed by atoms with E-state index < -0.39 is 29.2 Å². The maximum atomic E-state index is 13.4. The molecular weight excluding hydrogens is 271 g/mol. The fourth-order valence-electron chi connectivity index (χ4n) is 1.25. The lowest BCUT2D eigenvalue weighted by Crippen LogP contribution is -2.25. The van der Waals surface area contributed by atoms with Crippen molar-refractivity contribution in [3.05, 3.63) is 29.3 Å². The highest BCUT2D eigenvalue weighted by Crippen LogP contribution is 2.28. The summed E-state index contributed by atoms with van der Waals surface area (Å²) in [5, 5.41) is 0. The van der Waals surface area contributed by atoms with Gasteiger partial charge >= 0.3 is 6.18 Å². The third-order valence-electron chi connectivity index (χ3n) is 2.08. The van der Waals surface area contributed by atoms with Crippen LogP contribution < -0.4 is 4.74 Å². The van der Waals surface area contributed by atoms with E-state index in [1.165, 1.54) is 0 Å². The summed E-state index contributed by atoms with van der Waals surface area (Å²) in [6.45, 7) is 3.72. The van der Waals surface area contributed by atoms with Crippen molar-refractivity contribution in [2.45, 2.75) is 20.0 Å². The minimum absolute atomic E-state index is 0.0719. The Bertz CT molecular complexity index is 456. The lowest BCUT2D eigenvalue weighted by molar-refractivity contribution is -0.0890. The summed E-state index contributed by atoms with van der Waals surface area (Å²) < 4.78 is 68.1. The summed E-state index contributed by atoms with van der Waals surface area (Å²) in [5.41, 5.74) is -1.62. The molecule has 0 aliphatic rings. The predicted molar refractivity (Wildman–Crippen MR) is 57.1 cm³/mol. The Kier molecular flexibility index (Phi) is 4.49. The molecular formula is C12H11F5O2. The highest BCUT2D eigenvalue weighted by Gasteiger charge is 2.42. The Hall–Kier alpha value is -1.66. The molecule has 0 spiro atoms. The number of ether oxygens (including phenoxy) is 1. The molecule has 0 atom stereocenters. The molecule has 0 N–H and O–H groups in total. The lowest BCUT2D eigenvalue weighted by Gasteiger charge is -2.11. The van der Waals surface area contributed by atoms with E-state index in [0.29, 0.717) is 12.1 Å². The van der Waals surface area contributed by atoms with Crippen molar-refractivity contribution >= 4 is 5.78 Å². The third-order valence-corrected chi connectivity index (χ3v) is 2.08. The molecule has 19 heavy (non-hydrogen) atoms. The highest BCUT2D eigenvalue weighted by molar-refractivity contribution is 6.00. The smallest absolute Gasteiger partial charge is 0.455 e. The Labute approximate surface area is 106 Å². The highest BCUT2D eigenvalue weighted by atomic mass is 19.4. The normalized spacial score (nSPS) is 11.8. The minimum Gasteiger partial charge on any atom is -0.493 e. The summed E-state index contributed by atoms with van der Waals surface area (Å²) >= 11 is 0. The predicted octanol–water partition coefficient (Wildman–Crippen LogP) is 3.74. The molecule has 0 amide bonds. The zero-order valence-electron chi connectivity index (χ0n) is 10.1. The molecule has 0 fully saturated rings. The largest absolute Gasteiger partial charge is 0.493 e. The number of hydrogen-bond acceptors (Lipinski definition) is 2. The van der Waals surface area contributed by atoms with Crippen molar-refractivity contribution in [3.8, 4) is 5.75 Å². The lowest BCUT2D eigenvalue weighted by atomic mass is 10.1. The van der Waals surface area contributed by atoms with Gasteiger partial charge in [-0.2, -0.15) is 13.2 Å².